The van der Waals surface area contributed by atoms with E-state index in [4.69, 9.17) is 9.71 Å². The minimum absolute atomic E-state index is 0.0356. The van der Waals surface area contributed by atoms with Gasteiger partial charge in [0.15, 0.2) is 6.04 Å². The maximum atomic E-state index is 12.2. The van der Waals surface area contributed by atoms with E-state index in [9.17, 15) is 18.3 Å². The van der Waals surface area contributed by atoms with E-state index in [0.29, 0.717) is 0 Å². The standard InChI is InChI=1S/C12H14N4O5S/c1-8-2-4-9(5-3-8)22(19,20)21-11-7-16(12(17)18)6-10(11)14-15-13/h2-5,10-11,13H,6-7H2,1H3. The van der Waals surface area contributed by atoms with Gasteiger partial charge in [-0.1, -0.05) is 17.7 Å². The van der Waals surface area contributed by atoms with Crippen molar-refractivity contribution in [2.45, 2.75) is 24.0 Å². The van der Waals surface area contributed by atoms with E-state index >= 15 is 0 Å². The Labute approximate surface area is 126 Å². The van der Waals surface area contributed by atoms with Crippen LogP contribution in [0.3, 0.4) is 0 Å². The molecule has 1 heterocycles. The third-order valence-corrected chi connectivity index (χ3v) is 4.61. The summed E-state index contributed by atoms with van der Waals surface area (Å²) >= 11 is 0. The number of hydrogen-bond donors (Lipinski definition) is 1. The smallest absolute Gasteiger partial charge is 0.297 e. The summed E-state index contributed by atoms with van der Waals surface area (Å²) in [7, 11) is -4.06. The monoisotopic (exact) mass is 326 g/mol. The first kappa shape index (κ1) is 16.1. The summed E-state index contributed by atoms with van der Waals surface area (Å²) in [5, 5.41) is 14.4. The number of hydrogen-bond acceptors (Lipinski definition) is 7. The van der Waals surface area contributed by atoms with Gasteiger partial charge in [0.1, 0.15) is 22.8 Å². The molecule has 2 rings (SSSR count). The fraction of sp³-hybridized carbons (Fsp3) is 0.417. The molecule has 1 fully saturated rings. The summed E-state index contributed by atoms with van der Waals surface area (Å²) in [5.41, 5.74) is 7.61. The Kier molecular flexibility index (Phi) is 4.55. The van der Waals surface area contributed by atoms with E-state index in [2.05, 4.69) is 10.0 Å². The van der Waals surface area contributed by atoms with Gasteiger partial charge in [-0.25, -0.2) is 0 Å². The summed E-state index contributed by atoms with van der Waals surface area (Å²) in [6.45, 7) is 1.48. The largest absolute Gasteiger partial charge is 0.530 e. The molecule has 1 aromatic rings. The number of benzene rings is 1. The van der Waals surface area contributed by atoms with Crippen molar-refractivity contribution in [2.75, 3.05) is 13.1 Å². The first-order chi connectivity index (χ1) is 10.3. The van der Waals surface area contributed by atoms with Crippen LogP contribution in [0.25, 0.3) is 0 Å². The SMILES string of the molecule is Cc1ccc(S(=O)(=O)OC2CN(C(=O)[O-])CC2N=[N+]=N)cc1. The number of carboxylic acid groups (broad SMARTS) is 1. The Morgan fingerprint density at radius 1 is 1.41 bits per heavy atom. The molecule has 0 spiro atoms. The minimum Gasteiger partial charge on any atom is -0.530 e. The molecule has 1 aliphatic rings. The number of rotatable bonds is 4. The lowest BCUT2D eigenvalue weighted by Crippen LogP contribution is -2.40. The van der Waals surface area contributed by atoms with Crippen LogP contribution in [0.4, 0.5) is 4.79 Å². The van der Waals surface area contributed by atoms with Crippen LogP contribution in [0.15, 0.2) is 34.3 Å². The lowest BCUT2D eigenvalue weighted by molar-refractivity contribution is -0.264. The van der Waals surface area contributed by atoms with E-state index < -0.39 is 28.4 Å². The highest BCUT2D eigenvalue weighted by atomic mass is 32.2. The molecule has 2 atom stereocenters. The Morgan fingerprint density at radius 3 is 2.59 bits per heavy atom. The second-order valence-corrected chi connectivity index (χ2v) is 6.43. The topological polar surface area (TPSA) is 137 Å². The molecular weight excluding hydrogens is 312 g/mol. The Balaban J connectivity index is 2.21. The molecule has 0 bridgehead atoms. The molecule has 0 saturated carbocycles. The summed E-state index contributed by atoms with van der Waals surface area (Å²) in [5.74, 6) is 0. The summed E-state index contributed by atoms with van der Waals surface area (Å²) in [6.07, 6.45) is -2.50. The predicted molar refractivity (Wildman–Crippen MR) is 71.3 cm³/mol. The third kappa shape index (κ3) is 3.48. The first-order valence-electron chi connectivity index (χ1n) is 6.36. The lowest BCUT2D eigenvalue weighted by atomic mass is 10.2. The van der Waals surface area contributed by atoms with Gasteiger partial charge in [0.25, 0.3) is 10.1 Å². The van der Waals surface area contributed by atoms with Gasteiger partial charge >= 0.3 is 0 Å². The molecule has 22 heavy (non-hydrogen) atoms. The molecular formula is C12H14N4O5S. The lowest BCUT2D eigenvalue weighted by Gasteiger charge is -2.17. The predicted octanol–water partition coefficient (Wildman–Crippen LogP) is -0.353. The average Bonchev–Trinajstić information content (AvgIpc) is 2.82. The van der Waals surface area contributed by atoms with Crippen molar-refractivity contribution >= 4 is 16.2 Å². The highest BCUT2D eigenvalue weighted by molar-refractivity contribution is 7.86. The maximum absolute atomic E-state index is 12.2. The molecule has 0 aliphatic carbocycles. The van der Waals surface area contributed by atoms with Gasteiger partial charge in [-0.3, -0.25) is 4.18 Å². The molecule has 1 saturated heterocycles. The summed E-state index contributed by atoms with van der Waals surface area (Å²) in [4.78, 5) is 14.5. The third-order valence-electron chi connectivity index (χ3n) is 3.26. The molecule has 1 N–H and O–H groups in total. The molecule has 10 heteroatoms. The number of nitrogens with zero attached hydrogens (tertiary/aromatic N) is 3. The van der Waals surface area contributed by atoms with E-state index in [1.807, 2.05) is 6.92 Å². The van der Waals surface area contributed by atoms with Crippen LogP contribution in [0, 0.1) is 12.5 Å². The van der Waals surface area contributed by atoms with Gasteiger partial charge in [-0.15, -0.1) is 0 Å². The van der Waals surface area contributed by atoms with Gasteiger partial charge in [-0.2, -0.15) is 8.42 Å². The van der Waals surface area contributed by atoms with Gasteiger partial charge < -0.3 is 14.8 Å². The average molecular weight is 326 g/mol. The van der Waals surface area contributed by atoms with Crippen molar-refractivity contribution in [1.29, 1.82) is 5.53 Å². The van der Waals surface area contributed by atoms with Crippen molar-refractivity contribution in [3.8, 4) is 0 Å². The van der Waals surface area contributed by atoms with Gasteiger partial charge in [0, 0.05) is 6.54 Å². The second-order valence-electron chi connectivity index (χ2n) is 4.86. The molecule has 118 valence electrons. The zero-order valence-corrected chi connectivity index (χ0v) is 12.5. The fourth-order valence-corrected chi connectivity index (χ4v) is 3.20. The molecule has 1 amide bonds. The van der Waals surface area contributed by atoms with Gasteiger partial charge in [0.05, 0.1) is 11.4 Å². The van der Waals surface area contributed by atoms with E-state index in [1.165, 1.54) is 12.1 Å². The van der Waals surface area contributed by atoms with Gasteiger partial charge in [0.2, 0.25) is 4.91 Å². The Bertz CT molecular complexity index is 712. The number of nitrogens with one attached hydrogen (secondary N) is 1. The van der Waals surface area contributed by atoms with Crippen LogP contribution in [0.5, 0.6) is 0 Å². The highest BCUT2D eigenvalue weighted by Gasteiger charge is 2.40. The maximum Gasteiger partial charge on any atom is 0.297 e. The van der Waals surface area contributed by atoms with Crippen molar-refractivity contribution in [1.82, 2.24) is 9.81 Å². The van der Waals surface area contributed by atoms with E-state index in [1.54, 1.807) is 12.1 Å². The minimum atomic E-state index is -4.06. The number of carbonyl (C=O) groups is 1. The number of likely N-dealkylation sites (tertiary alicyclic amines) is 1. The Hall–Kier alpha value is -2.29. The van der Waals surface area contributed by atoms with Crippen molar-refractivity contribution < 1.29 is 22.5 Å². The zero-order chi connectivity index (χ0) is 16.3. The van der Waals surface area contributed by atoms with Crippen molar-refractivity contribution in [3.63, 3.8) is 0 Å². The van der Waals surface area contributed by atoms with Crippen LogP contribution < -0.4 is 10.0 Å². The molecule has 1 aliphatic heterocycles. The second kappa shape index (κ2) is 6.22. The number of amides is 1. The molecule has 1 aromatic carbocycles. The van der Waals surface area contributed by atoms with Crippen LogP contribution >= 0.6 is 0 Å². The van der Waals surface area contributed by atoms with E-state index in [-0.39, 0.29) is 18.0 Å². The fourth-order valence-electron chi connectivity index (χ4n) is 2.11. The van der Waals surface area contributed by atoms with Crippen molar-refractivity contribution in [2.24, 2.45) is 5.11 Å². The summed E-state index contributed by atoms with van der Waals surface area (Å²) < 4.78 is 29.5. The van der Waals surface area contributed by atoms with Crippen LogP contribution in [-0.2, 0) is 14.3 Å². The highest BCUT2D eigenvalue weighted by Crippen LogP contribution is 2.22. The molecule has 2 unspecified atom stereocenters. The molecule has 0 radical (unpaired) electrons. The molecule has 9 nitrogen and oxygen atoms in total. The van der Waals surface area contributed by atoms with Crippen LogP contribution in [0.1, 0.15) is 5.56 Å². The van der Waals surface area contributed by atoms with Crippen molar-refractivity contribution in [3.05, 3.63) is 29.8 Å². The number of aryl methyl sites for hydroxylation is 1. The zero-order valence-electron chi connectivity index (χ0n) is 11.7. The van der Waals surface area contributed by atoms with Crippen LogP contribution in [0.2, 0.25) is 0 Å². The van der Waals surface area contributed by atoms with Gasteiger partial charge in [-0.05, 0) is 19.1 Å². The normalized spacial score (nSPS) is 21.4. The van der Waals surface area contributed by atoms with E-state index in [0.717, 1.165) is 10.5 Å². The number of carbonyl (C=O) groups excluding carboxylic acids is 1. The molecule has 0 aromatic heterocycles. The van der Waals surface area contributed by atoms with Crippen LogP contribution in [-0.4, -0.2) is 44.6 Å². The summed E-state index contributed by atoms with van der Waals surface area (Å²) in [6, 6.07) is 5.18. The first-order valence-corrected chi connectivity index (χ1v) is 7.77. The quantitative estimate of drug-likeness (QED) is 0.458. The Morgan fingerprint density at radius 2 is 2.05 bits per heavy atom.